The number of allylic oxidation sites excluding steroid dienone is 2. The molecule has 0 unspecified atom stereocenters. The fraction of sp³-hybridized carbons (Fsp3) is 0.611. The summed E-state index contributed by atoms with van der Waals surface area (Å²) in [6.45, 7) is 3.49. The van der Waals surface area contributed by atoms with E-state index in [-0.39, 0.29) is 0 Å². The largest absolute Gasteiger partial charge is 0.316 e. The minimum absolute atomic E-state index is 0.525. The fourth-order valence-electron chi connectivity index (χ4n) is 3.83. The number of nitrogens with zero attached hydrogens (tertiary/aromatic N) is 2. The van der Waals surface area contributed by atoms with Crippen molar-refractivity contribution in [2.75, 3.05) is 26.7 Å². The minimum atomic E-state index is 0.525. The highest BCUT2D eigenvalue weighted by Gasteiger charge is 2.32. The fourth-order valence-corrected chi connectivity index (χ4v) is 3.83. The average molecular weight is 285 g/mol. The highest BCUT2D eigenvalue weighted by Crippen LogP contribution is 2.35. The van der Waals surface area contributed by atoms with E-state index in [9.17, 15) is 0 Å². The molecule has 1 fully saturated rings. The van der Waals surface area contributed by atoms with E-state index in [4.69, 9.17) is 0 Å². The van der Waals surface area contributed by atoms with Gasteiger partial charge in [-0.25, -0.2) is 0 Å². The van der Waals surface area contributed by atoms with Gasteiger partial charge in [0.25, 0.3) is 0 Å². The van der Waals surface area contributed by atoms with Crippen molar-refractivity contribution in [1.82, 2.24) is 15.2 Å². The van der Waals surface area contributed by atoms with E-state index in [0.717, 1.165) is 12.5 Å². The summed E-state index contributed by atoms with van der Waals surface area (Å²) in [5.41, 5.74) is 1.37. The topological polar surface area (TPSA) is 28.2 Å². The molecule has 21 heavy (non-hydrogen) atoms. The molecule has 114 valence electrons. The third-order valence-electron chi connectivity index (χ3n) is 5.02. The van der Waals surface area contributed by atoms with E-state index in [2.05, 4.69) is 46.5 Å². The first kappa shape index (κ1) is 14.7. The van der Waals surface area contributed by atoms with Gasteiger partial charge in [-0.15, -0.1) is 0 Å². The summed E-state index contributed by atoms with van der Waals surface area (Å²) in [5, 5.41) is 3.74. The number of hydrogen-bond acceptors (Lipinski definition) is 3. The molecule has 0 spiro atoms. The predicted octanol–water partition coefficient (Wildman–Crippen LogP) is 3.02. The van der Waals surface area contributed by atoms with Crippen LogP contribution in [0.15, 0.2) is 36.7 Å². The molecule has 0 saturated carbocycles. The molecule has 1 saturated heterocycles. The number of pyridine rings is 1. The number of aromatic nitrogens is 1. The van der Waals surface area contributed by atoms with Gasteiger partial charge in [-0.05, 0) is 75.8 Å². The van der Waals surface area contributed by atoms with Gasteiger partial charge in [0.1, 0.15) is 0 Å². The van der Waals surface area contributed by atoms with Crippen LogP contribution >= 0.6 is 0 Å². The maximum atomic E-state index is 4.30. The Morgan fingerprint density at radius 1 is 1.29 bits per heavy atom. The normalized spacial score (nSPS) is 29.9. The Bertz CT molecular complexity index is 457. The molecule has 0 amide bonds. The monoisotopic (exact) mass is 285 g/mol. The molecule has 3 heteroatoms. The summed E-state index contributed by atoms with van der Waals surface area (Å²) < 4.78 is 0. The van der Waals surface area contributed by atoms with Crippen molar-refractivity contribution in [2.24, 2.45) is 11.8 Å². The van der Waals surface area contributed by atoms with Crippen LogP contribution < -0.4 is 5.32 Å². The highest BCUT2D eigenvalue weighted by atomic mass is 15.2. The molecule has 2 aliphatic rings. The molecule has 0 bridgehead atoms. The van der Waals surface area contributed by atoms with E-state index >= 15 is 0 Å². The molecule has 2 heterocycles. The van der Waals surface area contributed by atoms with Crippen LogP contribution in [-0.4, -0.2) is 36.6 Å². The van der Waals surface area contributed by atoms with Crippen LogP contribution in [0.2, 0.25) is 0 Å². The van der Waals surface area contributed by atoms with Gasteiger partial charge in [0.2, 0.25) is 0 Å². The summed E-state index contributed by atoms with van der Waals surface area (Å²) in [7, 11) is 2.24. The molecule has 0 radical (unpaired) electrons. The van der Waals surface area contributed by atoms with Crippen molar-refractivity contribution >= 4 is 0 Å². The summed E-state index contributed by atoms with van der Waals surface area (Å²) in [6.07, 6.45) is 13.7. The van der Waals surface area contributed by atoms with Gasteiger partial charge in [-0.3, -0.25) is 9.88 Å². The first-order valence-corrected chi connectivity index (χ1v) is 8.30. The van der Waals surface area contributed by atoms with E-state index in [1.54, 1.807) is 0 Å². The molecule has 1 aliphatic carbocycles. The summed E-state index contributed by atoms with van der Waals surface area (Å²) in [5.74, 6) is 1.55. The second kappa shape index (κ2) is 7.19. The molecule has 1 N–H and O–H groups in total. The lowest BCUT2D eigenvalue weighted by molar-refractivity contribution is 0.268. The van der Waals surface area contributed by atoms with E-state index in [1.807, 2.05) is 12.4 Å². The third kappa shape index (κ3) is 3.72. The average Bonchev–Trinajstić information content (AvgIpc) is 2.90. The van der Waals surface area contributed by atoms with Gasteiger partial charge in [-0.2, -0.15) is 0 Å². The quantitative estimate of drug-likeness (QED) is 0.843. The Morgan fingerprint density at radius 3 is 3.00 bits per heavy atom. The first-order valence-electron chi connectivity index (χ1n) is 8.30. The van der Waals surface area contributed by atoms with Crippen LogP contribution in [0.4, 0.5) is 0 Å². The second-order valence-corrected chi connectivity index (χ2v) is 6.57. The Balaban J connectivity index is 1.53. The summed E-state index contributed by atoms with van der Waals surface area (Å²) in [6, 6.07) is 4.80. The smallest absolute Gasteiger partial charge is 0.0401 e. The third-order valence-corrected chi connectivity index (χ3v) is 5.02. The Kier molecular flexibility index (Phi) is 5.04. The Labute approximate surface area is 128 Å². The molecule has 1 aliphatic heterocycles. The lowest BCUT2D eigenvalue weighted by Gasteiger charge is -2.26. The zero-order valence-electron chi connectivity index (χ0n) is 13.0. The van der Waals surface area contributed by atoms with E-state index in [0.29, 0.717) is 12.0 Å². The SMILES string of the molecule is CN1CC[C@@H](CNC[C@@H]2CC=CCC2)[C@@H]1c1cccnc1. The van der Waals surface area contributed by atoms with Gasteiger partial charge in [0, 0.05) is 18.4 Å². The molecular weight excluding hydrogens is 258 g/mol. The van der Waals surface area contributed by atoms with Crippen molar-refractivity contribution in [3.05, 3.63) is 42.2 Å². The first-order chi connectivity index (χ1) is 10.3. The van der Waals surface area contributed by atoms with Gasteiger partial charge >= 0.3 is 0 Å². The van der Waals surface area contributed by atoms with Crippen LogP contribution in [0.5, 0.6) is 0 Å². The molecule has 1 aromatic rings. The number of likely N-dealkylation sites (tertiary alicyclic amines) is 1. The van der Waals surface area contributed by atoms with Crippen LogP contribution in [-0.2, 0) is 0 Å². The van der Waals surface area contributed by atoms with Gasteiger partial charge < -0.3 is 5.32 Å². The predicted molar refractivity (Wildman–Crippen MR) is 87.1 cm³/mol. The number of hydrogen-bond donors (Lipinski definition) is 1. The number of nitrogens with one attached hydrogen (secondary N) is 1. The van der Waals surface area contributed by atoms with Crippen molar-refractivity contribution < 1.29 is 0 Å². The van der Waals surface area contributed by atoms with Crippen LogP contribution in [0.25, 0.3) is 0 Å². The number of rotatable bonds is 5. The van der Waals surface area contributed by atoms with Crippen molar-refractivity contribution in [1.29, 1.82) is 0 Å². The highest BCUT2D eigenvalue weighted by molar-refractivity contribution is 5.17. The van der Waals surface area contributed by atoms with Crippen molar-refractivity contribution in [2.45, 2.75) is 31.7 Å². The molecule has 0 aromatic carbocycles. The second-order valence-electron chi connectivity index (χ2n) is 6.57. The zero-order valence-corrected chi connectivity index (χ0v) is 13.0. The van der Waals surface area contributed by atoms with E-state index < -0.39 is 0 Å². The molecule has 3 rings (SSSR count). The van der Waals surface area contributed by atoms with Crippen LogP contribution in [0.3, 0.4) is 0 Å². The Morgan fingerprint density at radius 2 is 2.24 bits per heavy atom. The maximum Gasteiger partial charge on any atom is 0.0401 e. The van der Waals surface area contributed by atoms with Gasteiger partial charge in [0.05, 0.1) is 0 Å². The zero-order chi connectivity index (χ0) is 14.5. The van der Waals surface area contributed by atoms with Crippen molar-refractivity contribution in [3.8, 4) is 0 Å². The lowest BCUT2D eigenvalue weighted by Crippen LogP contribution is -2.31. The Hall–Kier alpha value is -1.19. The maximum absolute atomic E-state index is 4.30. The minimum Gasteiger partial charge on any atom is -0.316 e. The lowest BCUT2D eigenvalue weighted by atomic mass is 9.92. The molecular formula is C18H27N3. The molecule has 1 aromatic heterocycles. The summed E-state index contributed by atoms with van der Waals surface area (Å²) in [4.78, 5) is 6.78. The standard InChI is InChI=1S/C18H27N3/c1-21-11-9-17(18(21)16-8-5-10-19-13-16)14-20-12-15-6-3-2-4-7-15/h2-3,5,8,10,13,15,17-18,20H,4,6-7,9,11-12,14H2,1H3/t15-,17+,18+/m1/s1. The summed E-state index contributed by atoms with van der Waals surface area (Å²) >= 11 is 0. The van der Waals surface area contributed by atoms with Crippen LogP contribution in [0.1, 0.15) is 37.3 Å². The van der Waals surface area contributed by atoms with Gasteiger partial charge in [-0.1, -0.05) is 18.2 Å². The van der Waals surface area contributed by atoms with Crippen LogP contribution in [0, 0.1) is 11.8 Å². The van der Waals surface area contributed by atoms with E-state index in [1.165, 1.54) is 44.3 Å². The molecule has 3 atom stereocenters. The van der Waals surface area contributed by atoms with Gasteiger partial charge in [0.15, 0.2) is 0 Å². The molecule has 3 nitrogen and oxygen atoms in total. The van der Waals surface area contributed by atoms with Crippen molar-refractivity contribution in [3.63, 3.8) is 0 Å².